The molecule has 108 valence electrons. The summed E-state index contributed by atoms with van der Waals surface area (Å²) >= 11 is 3.62. The van der Waals surface area contributed by atoms with Crippen molar-refractivity contribution in [3.8, 4) is 11.8 Å². The monoisotopic (exact) mass is 341 g/mol. The first-order chi connectivity index (χ1) is 10.3. The van der Waals surface area contributed by atoms with Gasteiger partial charge in [0.1, 0.15) is 0 Å². The van der Waals surface area contributed by atoms with Crippen LogP contribution in [0.4, 0.5) is 0 Å². The van der Waals surface area contributed by atoms with Crippen LogP contribution in [0.15, 0.2) is 59.1 Å². The minimum absolute atomic E-state index is 0.0485. The molecule has 0 aromatic heterocycles. The fraction of sp³-hybridized carbons (Fsp3) is 0.263. The number of rotatable bonds is 5. The van der Waals surface area contributed by atoms with Crippen LogP contribution in [0, 0.1) is 11.8 Å². The average Bonchev–Trinajstić information content (AvgIpc) is 2.53. The molecule has 0 saturated heterocycles. The van der Waals surface area contributed by atoms with Crippen LogP contribution < -0.4 is 5.32 Å². The SMILES string of the molecule is CCCCNC(C#Cc1ccccc1)c1ccccc1Br. The molecule has 1 nitrogen and oxygen atoms in total. The Morgan fingerprint density at radius 3 is 2.48 bits per heavy atom. The number of nitrogens with one attached hydrogen (secondary N) is 1. The van der Waals surface area contributed by atoms with E-state index in [1.165, 1.54) is 12.0 Å². The molecular formula is C19H20BrN. The van der Waals surface area contributed by atoms with Gasteiger partial charge < -0.3 is 0 Å². The standard InChI is InChI=1S/C19H20BrN/c1-2-3-15-21-19(17-11-7-8-12-18(17)20)14-13-16-9-5-4-6-10-16/h4-12,19,21H,2-3,15H2,1H3. The molecule has 0 saturated carbocycles. The van der Waals surface area contributed by atoms with Crippen molar-refractivity contribution < 1.29 is 0 Å². The van der Waals surface area contributed by atoms with E-state index in [1.807, 2.05) is 36.4 Å². The summed E-state index contributed by atoms with van der Waals surface area (Å²) in [6, 6.07) is 18.4. The molecule has 1 N–H and O–H groups in total. The van der Waals surface area contributed by atoms with E-state index in [0.29, 0.717) is 0 Å². The topological polar surface area (TPSA) is 12.0 Å². The Morgan fingerprint density at radius 2 is 1.76 bits per heavy atom. The fourth-order valence-corrected chi connectivity index (χ4v) is 2.56. The Hall–Kier alpha value is -1.56. The van der Waals surface area contributed by atoms with Crippen molar-refractivity contribution in [2.75, 3.05) is 6.54 Å². The molecule has 2 rings (SSSR count). The number of halogens is 1. The Balaban J connectivity index is 2.21. The van der Waals surface area contributed by atoms with Crippen molar-refractivity contribution in [1.29, 1.82) is 0 Å². The predicted molar refractivity (Wildman–Crippen MR) is 93.1 cm³/mol. The van der Waals surface area contributed by atoms with Gasteiger partial charge in [-0.15, -0.1) is 0 Å². The highest BCUT2D eigenvalue weighted by molar-refractivity contribution is 9.10. The number of benzene rings is 2. The van der Waals surface area contributed by atoms with Crippen LogP contribution >= 0.6 is 15.9 Å². The van der Waals surface area contributed by atoms with E-state index in [2.05, 4.69) is 58.2 Å². The van der Waals surface area contributed by atoms with Gasteiger partial charge in [-0.25, -0.2) is 0 Å². The molecular weight excluding hydrogens is 322 g/mol. The third-order valence-corrected chi connectivity index (χ3v) is 3.95. The van der Waals surface area contributed by atoms with Gasteiger partial charge >= 0.3 is 0 Å². The van der Waals surface area contributed by atoms with Crippen LogP contribution in [0.1, 0.15) is 36.9 Å². The first-order valence-electron chi connectivity index (χ1n) is 7.35. The van der Waals surface area contributed by atoms with Crippen LogP contribution in [-0.4, -0.2) is 6.54 Å². The molecule has 0 aliphatic heterocycles. The van der Waals surface area contributed by atoms with Crippen molar-refractivity contribution in [3.63, 3.8) is 0 Å². The minimum Gasteiger partial charge on any atom is -0.300 e. The van der Waals surface area contributed by atoms with Crippen molar-refractivity contribution in [2.24, 2.45) is 0 Å². The Labute approximate surface area is 135 Å². The molecule has 0 aliphatic rings. The second-order valence-electron chi connectivity index (χ2n) is 4.90. The Bertz CT molecular complexity index is 610. The Morgan fingerprint density at radius 1 is 1.05 bits per heavy atom. The first kappa shape index (κ1) is 15.8. The first-order valence-corrected chi connectivity index (χ1v) is 8.15. The molecule has 2 aromatic rings. The maximum atomic E-state index is 3.62. The lowest BCUT2D eigenvalue weighted by Crippen LogP contribution is -2.21. The molecule has 1 unspecified atom stereocenters. The van der Waals surface area contributed by atoms with Crippen LogP contribution in [0.25, 0.3) is 0 Å². The molecule has 0 bridgehead atoms. The zero-order chi connectivity index (χ0) is 14.9. The fourth-order valence-electron chi connectivity index (χ4n) is 2.05. The summed E-state index contributed by atoms with van der Waals surface area (Å²) < 4.78 is 1.10. The van der Waals surface area contributed by atoms with Crippen LogP contribution in [0.5, 0.6) is 0 Å². The van der Waals surface area contributed by atoms with Crippen LogP contribution in [0.2, 0.25) is 0 Å². The predicted octanol–water partition coefficient (Wildman–Crippen LogP) is 4.93. The lowest BCUT2D eigenvalue weighted by molar-refractivity contribution is 0.600. The van der Waals surface area contributed by atoms with Gasteiger partial charge in [-0.1, -0.05) is 77.5 Å². The smallest absolute Gasteiger partial charge is 0.0960 e. The Kier molecular flexibility index (Phi) is 6.53. The summed E-state index contributed by atoms with van der Waals surface area (Å²) in [4.78, 5) is 0. The van der Waals surface area contributed by atoms with Gasteiger partial charge in [-0.2, -0.15) is 0 Å². The second-order valence-corrected chi connectivity index (χ2v) is 5.75. The summed E-state index contributed by atoms with van der Waals surface area (Å²) in [6.07, 6.45) is 2.34. The maximum Gasteiger partial charge on any atom is 0.0960 e. The summed E-state index contributed by atoms with van der Waals surface area (Å²) in [5, 5.41) is 3.54. The van der Waals surface area contributed by atoms with Crippen LogP contribution in [0.3, 0.4) is 0 Å². The molecule has 2 heteroatoms. The number of unbranched alkanes of at least 4 members (excludes halogenated alkanes) is 1. The lowest BCUT2D eigenvalue weighted by Gasteiger charge is -2.15. The summed E-state index contributed by atoms with van der Waals surface area (Å²) in [5.74, 6) is 6.62. The maximum absolute atomic E-state index is 3.62. The highest BCUT2D eigenvalue weighted by Gasteiger charge is 2.10. The van der Waals surface area contributed by atoms with E-state index in [9.17, 15) is 0 Å². The molecule has 21 heavy (non-hydrogen) atoms. The molecule has 0 amide bonds. The van der Waals surface area contributed by atoms with Crippen LogP contribution in [-0.2, 0) is 0 Å². The average molecular weight is 342 g/mol. The molecule has 0 heterocycles. The summed E-state index contributed by atoms with van der Waals surface area (Å²) in [6.45, 7) is 3.18. The van der Waals surface area contributed by atoms with E-state index in [0.717, 1.165) is 23.0 Å². The van der Waals surface area contributed by atoms with E-state index in [4.69, 9.17) is 0 Å². The van der Waals surface area contributed by atoms with E-state index >= 15 is 0 Å². The van der Waals surface area contributed by atoms with Gasteiger partial charge in [0, 0.05) is 10.0 Å². The quantitative estimate of drug-likeness (QED) is 0.600. The van der Waals surface area contributed by atoms with E-state index < -0.39 is 0 Å². The van der Waals surface area contributed by atoms with Gasteiger partial charge in [0.05, 0.1) is 6.04 Å². The molecule has 0 spiro atoms. The van der Waals surface area contributed by atoms with E-state index in [-0.39, 0.29) is 6.04 Å². The number of hydrogen-bond acceptors (Lipinski definition) is 1. The molecule has 0 aliphatic carbocycles. The van der Waals surface area contributed by atoms with Gasteiger partial charge in [-0.05, 0) is 36.7 Å². The molecule has 0 fully saturated rings. The van der Waals surface area contributed by atoms with Crippen molar-refractivity contribution in [1.82, 2.24) is 5.32 Å². The molecule has 0 radical (unpaired) electrons. The minimum atomic E-state index is 0.0485. The van der Waals surface area contributed by atoms with Crippen molar-refractivity contribution in [3.05, 3.63) is 70.2 Å². The third kappa shape index (κ3) is 5.04. The molecule has 1 atom stereocenters. The van der Waals surface area contributed by atoms with Crippen molar-refractivity contribution in [2.45, 2.75) is 25.8 Å². The largest absolute Gasteiger partial charge is 0.300 e. The summed E-state index contributed by atoms with van der Waals surface area (Å²) in [7, 11) is 0. The summed E-state index contributed by atoms with van der Waals surface area (Å²) in [5.41, 5.74) is 2.24. The second kappa shape index (κ2) is 8.67. The normalized spacial score (nSPS) is 11.5. The van der Waals surface area contributed by atoms with Gasteiger partial charge in [0.2, 0.25) is 0 Å². The zero-order valence-corrected chi connectivity index (χ0v) is 13.9. The third-order valence-electron chi connectivity index (χ3n) is 3.23. The van der Waals surface area contributed by atoms with Gasteiger partial charge in [0.15, 0.2) is 0 Å². The molecule has 2 aromatic carbocycles. The number of hydrogen-bond donors (Lipinski definition) is 1. The van der Waals surface area contributed by atoms with E-state index in [1.54, 1.807) is 0 Å². The lowest BCUT2D eigenvalue weighted by atomic mass is 10.1. The highest BCUT2D eigenvalue weighted by atomic mass is 79.9. The zero-order valence-electron chi connectivity index (χ0n) is 12.3. The van der Waals surface area contributed by atoms with Gasteiger partial charge in [0.25, 0.3) is 0 Å². The van der Waals surface area contributed by atoms with Gasteiger partial charge in [-0.3, -0.25) is 5.32 Å². The highest BCUT2D eigenvalue weighted by Crippen LogP contribution is 2.22. The van der Waals surface area contributed by atoms with Crippen molar-refractivity contribution >= 4 is 15.9 Å².